The highest BCUT2D eigenvalue weighted by atomic mass is 32.2. The largest absolute Gasteiger partial charge is 0.322 e. The fourth-order valence-electron chi connectivity index (χ4n) is 2.97. The number of hydrogen-bond donors (Lipinski definition) is 1. The van der Waals surface area contributed by atoms with Gasteiger partial charge in [-0.05, 0) is 41.5 Å². The van der Waals surface area contributed by atoms with E-state index in [9.17, 15) is 4.79 Å². The van der Waals surface area contributed by atoms with Gasteiger partial charge in [-0.3, -0.25) is 4.79 Å². The Morgan fingerprint density at radius 2 is 1.96 bits per heavy atom. The second kappa shape index (κ2) is 8.11. The average Bonchev–Trinajstić information content (AvgIpc) is 3.09. The molecule has 0 aliphatic heterocycles. The molecule has 0 unspecified atom stereocenters. The Labute approximate surface area is 166 Å². The maximum absolute atomic E-state index is 12.8. The Kier molecular flexibility index (Phi) is 5.41. The highest BCUT2D eigenvalue weighted by molar-refractivity contribution is 8.01. The molecule has 0 radical (unpaired) electrons. The number of aromatic nitrogens is 1. The number of unbranched alkanes of at least 4 members (excludes halogenated alkanes) is 1. The molecule has 5 heteroatoms. The third kappa shape index (κ3) is 3.99. The first-order valence-electron chi connectivity index (χ1n) is 9.07. The number of nitrogens with one attached hydrogen (secondary N) is 1. The van der Waals surface area contributed by atoms with Gasteiger partial charge in [-0.1, -0.05) is 61.5 Å². The van der Waals surface area contributed by atoms with Crippen molar-refractivity contribution < 1.29 is 4.79 Å². The summed E-state index contributed by atoms with van der Waals surface area (Å²) >= 11 is 3.50. The lowest BCUT2D eigenvalue weighted by Crippen LogP contribution is -2.12. The summed E-state index contributed by atoms with van der Waals surface area (Å²) in [4.78, 5) is 17.5. The number of nitrogens with zero attached hydrogens (tertiary/aromatic N) is 1. The van der Waals surface area contributed by atoms with Crippen LogP contribution in [0.15, 0.2) is 65.0 Å². The molecule has 1 aromatic heterocycles. The number of hydrogen-bond acceptors (Lipinski definition) is 4. The molecule has 1 N–H and O–H groups in total. The van der Waals surface area contributed by atoms with Crippen LogP contribution in [0.3, 0.4) is 0 Å². The predicted octanol–water partition coefficient (Wildman–Crippen LogP) is 6.59. The average molecular weight is 393 g/mol. The summed E-state index contributed by atoms with van der Waals surface area (Å²) in [6.07, 6.45) is 2.40. The zero-order chi connectivity index (χ0) is 18.6. The third-order valence-electron chi connectivity index (χ3n) is 4.38. The van der Waals surface area contributed by atoms with Crippen LogP contribution in [0.25, 0.3) is 21.0 Å². The Hall–Kier alpha value is -2.37. The van der Waals surface area contributed by atoms with E-state index in [1.165, 1.54) is 12.8 Å². The summed E-state index contributed by atoms with van der Waals surface area (Å²) in [7, 11) is 0. The quantitative estimate of drug-likeness (QED) is 0.297. The highest BCUT2D eigenvalue weighted by Gasteiger charge is 2.11. The van der Waals surface area contributed by atoms with Crippen molar-refractivity contribution in [3.05, 3.63) is 66.2 Å². The van der Waals surface area contributed by atoms with Crippen LogP contribution in [0.1, 0.15) is 30.1 Å². The molecule has 0 saturated heterocycles. The van der Waals surface area contributed by atoms with E-state index in [0.29, 0.717) is 5.56 Å². The van der Waals surface area contributed by atoms with Crippen LogP contribution >= 0.6 is 23.1 Å². The molecule has 3 nitrogen and oxygen atoms in total. The number of amides is 1. The van der Waals surface area contributed by atoms with E-state index in [2.05, 4.69) is 17.2 Å². The molecule has 1 amide bonds. The third-order valence-corrected chi connectivity index (χ3v) is 6.63. The van der Waals surface area contributed by atoms with E-state index in [4.69, 9.17) is 0 Å². The molecule has 3 aromatic carbocycles. The molecular formula is C22H20N2OS2. The Morgan fingerprint density at radius 1 is 1.11 bits per heavy atom. The standard InChI is InChI=1S/C22H20N2OS2/c1-2-3-13-26-22-24-19-12-11-16(14-20(19)27-22)23-21(25)18-10-6-8-15-7-4-5-9-17(15)18/h4-12,14H,2-3,13H2,1H3,(H,23,25). The van der Waals surface area contributed by atoms with Gasteiger partial charge in [-0.2, -0.15) is 0 Å². The molecule has 0 spiro atoms. The SMILES string of the molecule is CCCCSc1nc2ccc(NC(=O)c3cccc4ccccc34)cc2s1. The van der Waals surface area contributed by atoms with E-state index in [1.54, 1.807) is 11.3 Å². The van der Waals surface area contributed by atoms with Gasteiger partial charge in [-0.15, -0.1) is 11.3 Å². The van der Waals surface area contributed by atoms with Gasteiger partial charge >= 0.3 is 0 Å². The zero-order valence-electron chi connectivity index (χ0n) is 15.1. The first kappa shape index (κ1) is 18.0. The van der Waals surface area contributed by atoms with E-state index in [1.807, 2.05) is 72.4 Å². The summed E-state index contributed by atoms with van der Waals surface area (Å²) in [6, 6.07) is 19.7. The summed E-state index contributed by atoms with van der Waals surface area (Å²) in [5.41, 5.74) is 2.48. The van der Waals surface area contributed by atoms with Crippen molar-refractivity contribution in [3.8, 4) is 0 Å². The van der Waals surface area contributed by atoms with Gasteiger partial charge in [0.2, 0.25) is 0 Å². The topological polar surface area (TPSA) is 42.0 Å². The molecule has 4 rings (SSSR count). The molecular weight excluding hydrogens is 372 g/mol. The number of benzene rings is 3. The minimum atomic E-state index is -0.0896. The van der Waals surface area contributed by atoms with Crippen LogP contribution in [0.4, 0.5) is 5.69 Å². The van der Waals surface area contributed by atoms with Gasteiger partial charge in [0.25, 0.3) is 5.91 Å². The predicted molar refractivity (Wildman–Crippen MR) is 117 cm³/mol. The van der Waals surface area contributed by atoms with Crippen molar-refractivity contribution in [3.63, 3.8) is 0 Å². The maximum atomic E-state index is 12.8. The smallest absolute Gasteiger partial charge is 0.256 e. The molecule has 0 aliphatic rings. The second-order valence-corrected chi connectivity index (χ2v) is 8.72. The van der Waals surface area contributed by atoms with Gasteiger partial charge in [0, 0.05) is 17.0 Å². The normalized spacial score (nSPS) is 11.1. The molecule has 0 aliphatic carbocycles. The molecule has 136 valence electrons. The van der Waals surface area contributed by atoms with Crippen LogP contribution < -0.4 is 5.32 Å². The van der Waals surface area contributed by atoms with Gasteiger partial charge in [0.15, 0.2) is 4.34 Å². The summed E-state index contributed by atoms with van der Waals surface area (Å²) in [5.74, 6) is 1.01. The lowest BCUT2D eigenvalue weighted by atomic mass is 10.0. The lowest BCUT2D eigenvalue weighted by molar-refractivity contribution is 0.102. The number of rotatable bonds is 6. The van der Waals surface area contributed by atoms with Crippen LogP contribution in [-0.4, -0.2) is 16.6 Å². The number of carbonyl (C=O) groups is 1. The second-order valence-electron chi connectivity index (χ2n) is 6.35. The molecule has 27 heavy (non-hydrogen) atoms. The molecule has 0 fully saturated rings. The monoisotopic (exact) mass is 392 g/mol. The number of fused-ring (bicyclic) bond motifs is 2. The lowest BCUT2D eigenvalue weighted by Gasteiger charge is -2.08. The fraction of sp³-hybridized carbons (Fsp3) is 0.182. The highest BCUT2D eigenvalue weighted by Crippen LogP contribution is 2.32. The number of thiazole rings is 1. The van der Waals surface area contributed by atoms with E-state index < -0.39 is 0 Å². The zero-order valence-corrected chi connectivity index (χ0v) is 16.7. The van der Waals surface area contributed by atoms with Crippen LogP contribution in [-0.2, 0) is 0 Å². The molecule has 1 heterocycles. The van der Waals surface area contributed by atoms with E-state index in [0.717, 1.165) is 36.8 Å². The van der Waals surface area contributed by atoms with Crippen molar-refractivity contribution in [2.24, 2.45) is 0 Å². The molecule has 0 saturated carbocycles. The molecule has 0 bridgehead atoms. The van der Waals surface area contributed by atoms with Crippen molar-refractivity contribution in [1.29, 1.82) is 0 Å². The number of carbonyl (C=O) groups excluding carboxylic acids is 1. The summed E-state index contributed by atoms with van der Waals surface area (Å²) < 4.78 is 2.20. The summed E-state index contributed by atoms with van der Waals surface area (Å²) in [6.45, 7) is 2.20. The fourth-order valence-corrected chi connectivity index (χ4v) is 5.23. The van der Waals surface area contributed by atoms with Crippen molar-refractivity contribution >= 4 is 55.7 Å². The number of thioether (sulfide) groups is 1. The first-order valence-corrected chi connectivity index (χ1v) is 10.9. The van der Waals surface area contributed by atoms with Crippen LogP contribution in [0.2, 0.25) is 0 Å². The molecule has 4 aromatic rings. The Morgan fingerprint density at radius 3 is 2.85 bits per heavy atom. The van der Waals surface area contributed by atoms with Crippen molar-refractivity contribution in [1.82, 2.24) is 4.98 Å². The summed E-state index contributed by atoms with van der Waals surface area (Å²) in [5, 5.41) is 5.07. The van der Waals surface area contributed by atoms with E-state index in [-0.39, 0.29) is 5.91 Å². The van der Waals surface area contributed by atoms with Gasteiger partial charge in [0.1, 0.15) is 0 Å². The van der Waals surface area contributed by atoms with Gasteiger partial charge < -0.3 is 5.32 Å². The van der Waals surface area contributed by atoms with Gasteiger partial charge in [-0.25, -0.2) is 4.98 Å². The Bertz CT molecular complexity index is 1100. The Balaban J connectivity index is 1.56. The molecule has 0 atom stereocenters. The first-order chi connectivity index (χ1) is 13.2. The minimum absolute atomic E-state index is 0.0896. The van der Waals surface area contributed by atoms with E-state index >= 15 is 0 Å². The number of anilines is 1. The minimum Gasteiger partial charge on any atom is -0.322 e. The van der Waals surface area contributed by atoms with Crippen LogP contribution in [0.5, 0.6) is 0 Å². The maximum Gasteiger partial charge on any atom is 0.256 e. The van der Waals surface area contributed by atoms with Gasteiger partial charge in [0.05, 0.1) is 10.2 Å². The van der Waals surface area contributed by atoms with Crippen molar-refractivity contribution in [2.75, 3.05) is 11.1 Å². The van der Waals surface area contributed by atoms with Crippen molar-refractivity contribution in [2.45, 2.75) is 24.1 Å². The van der Waals surface area contributed by atoms with Crippen LogP contribution in [0, 0.1) is 0 Å².